The second-order valence-electron chi connectivity index (χ2n) is 6.13. The predicted octanol–water partition coefficient (Wildman–Crippen LogP) is 4.30. The van der Waals surface area contributed by atoms with E-state index in [0.717, 1.165) is 11.8 Å². The minimum absolute atomic E-state index is 0.552. The third-order valence-electron chi connectivity index (χ3n) is 4.88. The number of thiophene rings is 1. The second-order valence-corrected chi connectivity index (χ2v) is 7.30. The van der Waals surface area contributed by atoms with Crippen molar-refractivity contribution < 1.29 is 0 Å². The van der Waals surface area contributed by atoms with Crippen LogP contribution in [-0.4, -0.2) is 7.05 Å². The Kier molecular flexibility index (Phi) is 3.16. The standard InChI is InChI=1S/C18H21NS/c1-19-18(17-10-13-8-5-9-16(13)20-17)15-11-14(15)12-6-3-2-4-7-12/h2-4,6-7,10,14-15,18-19H,5,8-9,11H2,1H3. The Labute approximate surface area is 125 Å². The molecule has 1 N–H and O–H groups in total. The van der Waals surface area contributed by atoms with E-state index in [0.29, 0.717) is 6.04 Å². The van der Waals surface area contributed by atoms with Crippen LogP contribution in [0.2, 0.25) is 0 Å². The lowest BCUT2D eigenvalue weighted by atomic mass is 10.0. The SMILES string of the molecule is CNC(c1cc2c(s1)CCC2)C1CC1c1ccccc1. The number of aryl methyl sites for hydroxylation is 2. The Balaban J connectivity index is 1.55. The fourth-order valence-electron chi connectivity index (χ4n) is 3.74. The van der Waals surface area contributed by atoms with Crippen LogP contribution in [0.3, 0.4) is 0 Å². The molecule has 104 valence electrons. The van der Waals surface area contributed by atoms with Gasteiger partial charge in [0, 0.05) is 15.8 Å². The molecule has 1 nitrogen and oxygen atoms in total. The molecule has 0 saturated heterocycles. The van der Waals surface area contributed by atoms with E-state index in [4.69, 9.17) is 0 Å². The third-order valence-corrected chi connectivity index (χ3v) is 6.20. The van der Waals surface area contributed by atoms with Crippen LogP contribution >= 0.6 is 11.3 Å². The molecule has 2 heteroatoms. The summed E-state index contributed by atoms with van der Waals surface area (Å²) in [7, 11) is 2.12. The zero-order chi connectivity index (χ0) is 13.5. The fraction of sp³-hybridized carbons (Fsp3) is 0.444. The highest BCUT2D eigenvalue weighted by atomic mass is 32.1. The highest BCUT2D eigenvalue weighted by Crippen LogP contribution is 2.55. The molecule has 2 aliphatic rings. The maximum absolute atomic E-state index is 3.58. The lowest BCUT2D eigenvalue weighted by molar-refractivity contribution is 0.526. The Morgan fingerprint density at radius 2 is 2.05 bits per heavy atom. The number of hydrogen-bond donors (Lipinski definition) is 1. The van der Waals surface area contributed by atoms with Crippen LogP contribution in [0.1, 0.15) is 45.7 Å². The average Bonchev–Trinajstić information content (AvgIpc) is 2.95. The minimum Gasteiger partial charge on any atom is -0.312 e. The molecule has 0 radical (unpaired) electrons. The molecule has 3 unspecified atom stereocenters. The van der Waals surface area contributed by atoms with Crippen LogP contribution < -0.4 is 5.32 Å². The smallest absolute Gasteiger partial charge is 0.0447 e. The van der Waals surface area contributed by atoms with Gasteiger partial charge in [-0.05, 0) is 61.8 Å². The summed E-state index contributed by atoms with van der Waals surface area (Å²) in [6.45, 7) is 0. The van der Waals surface area contributed by atoms with Crippen molar-refractivity contribution in [3.8, 4) is 0 Å². The van der Waals surface area contributed by atoms with E-state index < -0.39 is 0 Å². The van der Waals surface area contributed by atoms with E-state index in [9.17, 15) is 0 Å². The van der Waals surface area contributed by atoms with Crippen LogP contribution in [-0.2, 0) is 12.8 Å². The first-order valence-corrected chi connectivity index (χ1v) is 8.52. The van der Waals surface area contributed by atoms with Crippen LogP contribution in [0.4, 0.5) is 0 Å². The molecular weight excluding hydrogens is 262 g/mol. The Morgan fingerprint density at radius 3 is 2.80 bits per heavy atom. The molecule has 4 rings (SSSR count). The molecule has 1 saturated carbocycles. The number of nitrogens with one attached hydrogen (secondary N) is 1. The molecule has 1 aromatic carbocycles. The second kappa shape index (κ2) is 5.01. The number of benzene rings is 1. The highest BCUT2D eigenvalue weighted by Gasteiger charge is 2.44. The van der Waals surface area contributed by atoms with Gasteiger partial charge in [-0.15, -0.1) is 11.3 Å². The molecule has 0 spiro atoms. The van der Waals surface area contributed by atoms with Gasteiger partial charge in [0.15, 0.2) is 0 Å². The normalized spacial score (nSPS) is 25.4. The monoisotopic (exact) mass is 283 g/mol. The van der Waals surface area contributed by atoms with Crippen LogP contribution in [0.5, 0.6) is 0 Å². The van der Waals surface area contributed by atoms with Crippen molar-refractivity contribution in [2.75, 3.05) is 7.05 Å². The zero-order valence-electron chi connectivity index (χ0n) is 11.9. The van der Waals surface area contributed by atoms with E-state index in [-0.39, 0.29) is 0 Å². The highest BCUT2D eigenvalue weighted by molar-refractivity contribution is 7.12. The molecule has 0 bridgehead atoms. The predicted molar refractivity (Wildman–Crippen MR) is 85.4 cm³/mol. The molecular formula is C18H21NS. The van der Waals surface area contributed by atoms with Gasteiger partial charge in [0.1, 0.15) is 0 Å². The summed E-state index contributed by atoms with van der Waals surface area (Å²) in [5, 5.41) is 3.58. The molecule has 2 aromatic rings. The minimum atomic E-state index is 0.552. The fourth-order valence-corrected chi connectivity index (χ4v) is 5.18. The summed E-state index contributed by atoms with van der Waals surface area (Å²) in [6.07, 6.45) is 5.30. The molecule has 2 aliphatic carbocycles. The number of hydrogen-bond acceptors (Lipinski definition) is 2. The number of fused-ring (bicyclic) bond motifs is 1. The molecule has 3 atom stereocenters. The van der Waals surface area contributed by atoms with Gasteiger partial charge in [-0.3, -0.25) is 0 Å². The van der Waals surface area contributed by atoms with Crippen molar-refractivity contribution in [1.29, 1.82) is 0 Å². The van der Waals surface area contributed by atoms with Gasteiger partial charge in [-0.2, -0.15) is 0 Å². The molecule has 20 heavy (non-hydrogen) atoms. The topological polar surface area (TPSA) is 12.0 Å². The van der Waals surface area contributed by atoms with Crippen molar-refractivity contribution in [2.45, 2.75) is 37.6 Å². The van der Waals surface area contributed by atoms with E-state index in [1.807, 2.05) is 0 Å². The molecule has 0 aliphatic heterocycles. The van der Waals surface area contributed by atoms with Gasteiger partial charge >= 0.3 is 0 Å². The van der Waals surface area contributed by atoms with Crippen LogP contribution in [0.15, 0.2) is 36.4 Å². The van der Waals surface area contributed by atoms with E-state index in [2.05, 4.69) is 60.1 Å². The molecule has 1 heterocycles. The van der Waals surface area contributed by atoms with Crippen molar-refractivity contribution >= 4 is 11.3 Å². The Morgan fingerprint density at radius 1 is 1.20 bits per heavy atom. The van der Waals surface area contributed by atoms with Crippen LogP contribution in [0, 0.1) is 5.92 Å². The maximum atomic E-state index is 3.58. The summed E-state index contributed by atoms with van der Waals surface area (Å²) in [4.78, 5) is 3.22. The van der Waals surface area contributed by atoms with Crippen molar-refractivity contribution in [2.24, 2.45) is 5.92 Å². The Bertz CT molecular complexity index is 580. The lowest BCUT2D eigenvalue weighted by Gasteiger charge is -2.15. The quantitative estimate of drug-likeness (QED) is 0.882. The largest absolute Gasteiger partial charge is 0.312 e. The number of rotatable bonds is 4. The average molecular weight is 283 g/mol. The zero-order valence-corrected chi connectivity index (χ0v) is 12.7. The molecule has 0 amide bonds. The van der Waals surface area contributed by atoms with Crippen LogP contribution in [0.25, 0.3) is 0 Å². The van der Waals surface area contributed by atoms with E-state index in [1.165, 1.54) is 31.2 Å². The third kappa shape index (κ3) is 2.11. The van der Waals surface area contributed by atoms with E-state index >= 15 is 0 Å². The van der Waals surface area contributed by atoms with Gasteiger partial charge in [0.05, 0.1) is 0 Å². The van der Waals surface area contributed by atoms with Gasteiger partial charge < -0.3 is 5.32 Å². The Hall–Kier alpha value is -1.12. The first-order valence-electron chi connectivity index (χ1n) is 7.70. The maximum Gasteiger partial charge on any atom is 0.0447 e. The van der Waals surface area contributed by atoms with E-state index in [1.54, 1.807) is 15.3 Å². The first-order chi connectivity index (χ1) is 9.86. The van der Waals surface area contributed by atoms with Gasteiger partial charge in [0.2, 0.25) is 0 Å². The summed E-state index contributed by atoms with van der Waals surface area (Å²) < 4.78 is 0. The molecule has 1 aromatic heterocycles. The van der Waals surface area contributed by atoms with Crippen molar-refractivity contribution in [3.05, 3.63) is 57.3 Å². The van der Waals surface area contributed by atoms with Gasteiger partial charge in [0.25, 0.3) is 0 Å². The molecule has 1 fully saturated rings. The summed E-state index contributed by atoms with van der Waals surface area (Å²) in [5.74, 6) is 1.53. The van der Waals surface area contributed by atoms with Crippen molar-refractivity contribution in [1.82, 2.24) is 5.32 Å². The van der Waals surface area contributed by atoms with Gasteiger partial charge in [-0.25, -0.2) is 0 Å². The summed E-state index contributed by atoms with van der Waals surface area (Å²) in [5.41, 5.74) is 3.14. The van der Waals surface area contributed by atoms with Crippen molar-refractivity contribution in [3.63, 3.8) is 0 Å². The lowest BCUT2D eigenvalue weighted by Crippen LogP contribution is -2.18. The van der Waals surface area contributed by atoms with Gasteiger partial charge in [-0.1, -0.05) is 30.3 Å². The first kappa shape index (κ1) is 12.6. The summed E-state index contributed by atoms with van der Waals surface area (Å²) in [6, 6.07) is 14.0. The summed E-state index contributed by atoms with van der Waals surface area (Å²) >= 11 is 2.06.